The van der Waals surface area contributed by atoms with E-state index in [1.54, 1.807) is 18.3 Å². The second kappa shape index (κ2) is 5.85. The normalized spacial score (nSPS) is 17.4. The van der Waals surface area contributed by atoms with Crippen LogP contribution in [0.2, 0.25) is 0 Å². The number of fused-ring (bicyclic) bond motifs is 1. The lowest BCUT2D eigenvalue weighted by molar-refractivity contribution is 0.0698. The highest BCUT2D eigenvalue weighted by molar-refractivity contribution is 5.95. The number of nitrogens with zero attached hydrogens (tertiary/aromatic N) is 3. The minimum absolute atomic E-state index is 0.317. The molecule has 3 heterocycles. The number of piperidine rings is 1. The predicted octanol–water partition coefficient (Wildman–Crippen LogP) is 2.31. The fraction of sp³-hybridized carbons (Fsp3) is 0.500. The van der Waals surface area contributed by atoms with E-state index in [-0.39, 0.29) is 0 Å². The summed E-state index contributed by atoms with van der Waals surface area (Å²) in [4.78, 5) is 18.2. The summed E-state index contributed by atoms with van der Waals surface area (Å²) in [6.45, 7) is 5.65. The van der Waals surface area contributed by atoms with Gasteiger partial charge in [-0.1, -0.05) is 6.92 Å². The van der Waals surface area contributed by atoms with Gasteiger partial charge in [0, 0.05) is 12.6 Å². The molecule has 0 saturated carbocycles. The van der Waals surface area contributed by atoms with Gasteiger partial charge >= 0.3 is 5.97 Å². The van der Waals surface area contributed by atoms with Gasteiger partial charge in [-0.15, -0.1) is 0 Å². The van der Waals surface area contributed by atoms with Gasteiger partial charge in [-0.3, -0.25) is 0 Å². The summed E-state index contributed by atoms with van der Waals surface area (Å²) in [7, 11) is 0. The van der Waals surface area contributed by atoms with Gasteiger partial charge < -0.3 is 14.4 Å². The third-order valence-electron chi connectivity index (χ3n) is 4.50. The second-order valence-corrected chi connectivity index (χ2v) is 5.74. The minimum atomic E-state index is -0.900. The van der Waals surface area contributed by atoms with E-state index >= 15 is 0 Å². The molecule has 0 bridgehead atoms. The number of hydrogen-bond acceptors (Lipinski definition) is 3. The van der Waals surface area contributed by atoms with Gasteiger partial charge in [0.25, 0.3) is 0 Å². The van der Waals surface area contributed by atoms with Gasteiger partial charge in [0.15, 0.2) is 0 Å². The molecule has 0 aromatic carbocycles. The maximum atomic E-state index is 11.2. The number of likely N-dealkylation sites (tertiary alicyclic amines) is 1. The van der Waals surface area contributed by atoms with Crippen molar-refractivity contribution >= 4 is 11.5 Å². The number of rotatable bonds is 4. The molecule has 0 aliphatic carbocycles. The zero-order valence-corrected chi connectivity index (χ0v) is 12.3. The average molecular weight is 287 g/mol. The standard InChI is InChI=1S/C16H21N3O2/c1-2-18-8-5-12(6-9-18)10-15-17-11-14-13(16(20)21)4-3-7-19(14)15/h3-4,7,11-12H,2,5-6,8-10H2,1H3,(H,20,21). The summed E-state index contributed by atoms with van der Waals surface area (Å²) in [5.74, 6) is 0.721. The van der Waals surface area contributed by atoms with Crippen molar-refractivity contribution in [2.24, 2.45) is 5.92 Å². The quantitative estimate of drug-likeness (QED) is 0.937. The second-order valence-electron chi connectivity index (χ2n) is 5.74. The maximum absolute atomic E-state index is 11.2. The first-order valence-electron chi connectivity index (χ1n) is 7.59. The molecule has 1 aliphatic rings. The Morgan fingerprint density at radius 3 is 2.86 bits per heavy atom. The van der Waals surface area contributed by atoms with E-state index in [9.17, 15) is 9.90 Å². The Hall–Kier alpha value is -1.88. The van der Waals surface area contributed by atoms with Gasteiger partial charge in [-0.05, 0) is 50.5 Å². The van der Waals surface area contributed by atoms with E-state index in [0.29, 0.717) is 17.0 Å². The van der Waals surface area contributed by atoms with Crippen molar-refractivity contribution in [1.29, 1.82) is 0 Å². The van der Waals surface area contributed by atoms with E-state index < -0.39 is 5.97 Å². The Morgan fingerprint density at radius 1 is 1.43 bits per heavy atom. The van der Waals surface area contributed by atoms with Crippen LogP contribution in [0.15, 0.2) is 24.5 Å². The number of carboxylic acids is 1. The lowest BCUT2D eigenvalue weighted by atomic mass is 9.93. The van der Waals surface area contributed by atoms with Gasteiger partial charge in [-0.25, -0.2) is 9.78 Å². The molecule has 21 heavy (non-hydrogen) atoms. The number of carboxylic acid groups (broad SMARTS) is 1. The maximum Gasteiger partial charge on any atom is 0.337 e. The van der Waals surface area contributed by atoms with E-state index in [1.807, 2.05) is 10.6 Å². The molecule has 0 spiro atoms. The number of aromatic carboxylic acids is 1. The highest BCUT2D eigenvalue weighted by atomic mass is 16.4. The third kappa shape index (κ3) is 2.78. The fourth-order valence-electron chi connectivity index (χ4n) is 3.17. The average Bonchev–Trinajstić information content (AvgIpc) is 2.91. The van der Waals surface area contributed by atoms with Crippen LogP contribution in [0.4, 0.5) is 0 Å². The monoisotopic (exact) mass is 287 g/mol. The summed E-state index contributed by atoms with van der Waals surface area (Å²) in [6, 6.07) is 3.41. The zero-order chi connectivity index (χ0) is 14.8. The van der Waals surface area contributed by atoms with Crippen LogP contribution in [-0.4, -0.2) is 45.0 Å². The van der Waals surface area contributed by atoms with Crippen molar-refractivity contribution in [3.05, 3.63) is 35.9 Å². The van der Waals surface area contributed by atoms with Gasteiger partial charge in [0.1, 0.15) is 5.82 Å². The summed E-state index contributed by atoms with van der Waals surface area (Å²) in [6.07, 6.45) is 6.91. The van der Waals surface area contributed by atoms with Crippen LogP contribution in [0, 0.1) is 5.92 Å². The summed E-state index contributed by atoms with van der Waals surface area (Å²) >= 11 is 0. The molecular formula is C16H21N3O2. The van der Waals surface area contributed by atoms with Crippen molar-refractivity contribution in [3.63, 3.8) is 0 Å². The molecule has 5 heteroatoms. The van der Waals surface area contributed by atoms with Gasteiger partial charge in [0.05, 0.1) is 17.3 Å². The molecule has 2 aromatic heterocycles. The zero-order valence-electron chi connectivity index (χ0n) is 12.3. The summed E-state index contributed by atoms with van der Waals surface area (Å²) in [5.41, 5.74) is 1.00. The highest BCUT2D eigenvalue weighted by Crippen LogP contribution is 2.22. The molecular weight excluding hydrogens is 266 g/mol. The SMILES string of the molecule is CCN1CCC(Cc2ncc3c(C(=O)O)cccn23)CC1. The molecule has 112 valence electrons. The molecule has 0 unspecified atom stereocenters. The van der Waals surface area contributed by atoms with E-state index in [4.69, 9.17) is 0 Å². The smallest absolute Gasteiger partial charge is 0.337 e. The van der Waals surface area contributed by atoms with Crippen LogP contribution in [-0.2, 0) is 6.42 Å². The molecule has 0 atom stereocenters. The highest BCUT2D eigenvalue weighted by Gasteiger charge is 2.20. The van der Waals surface area contributed by atoms with Crippen molar-refractivity contribution < 1.29 is 9.90 Å². The Morgan fingerprint density at radius 2 is 2.19 bits per heavy atom. The van der Waals surface area contributed by atoms with Crippen LogP contribution in [0.3, 0.4) is 0 Å². The van der Waals surface area contributed by atoms with Gasteiger partial charge in [-0.2, -0.15) is 0 Å². The van der Waals surface area contributed by atoms with Crippen LogP contribution >= 0.6 is 0 Å². The minimum Gasteiger partial charge on any atom is -0.478 e. The van der Waals surface area contributed by atoms with Crippen molar-refractivity contribution in [2.75, 3.05) is 19.6 Å². The first kappa shape index (κ1) is 14.1. The van der Waals surface area contributed by atoms with Crippen LogP contribution in [0.1, 0.15) is 35.9 Å². The molecule has 2 aromatic rings. The lowest BCUT2D eigenvalue weighted by Crippen LogP contribution is -2.34. The lowest BCUT2D eigenvalue weighted by Gasteiger charge is -2.30. The summed E-state index contributed by atoms with van der Waals surface area (Å²) < 4.78 is 1.93. The molecule has 1 N–H and O–H groups in total. The van der Waals surface area contributed by atoms with Crippen molar-refractivity contribution in [2.45, 2.75) is 26.2 Å². The van der Waals surface area contributed by atoms with Crippen LogP contribution in [0.5, 0.6) is 0 Å². The Kier molecular flexibility index (Phi) is 3.92. The van der Waals surface area contributed by atoms with E-state index in [2.05, 4.69) is 16.8 Å². The van der Waals surface area contributed by atoms with Crippen LogP contribution in [0.25, 0.3) is 5.52 Å². The molecule has 5 nitrogen and oxygen atoms in total. The first-order chi connectivity index (χ1) is 10.2. The summed E-state index contributed by atoms with van der Waals surface area (Å²) in [5, 5.41) is 9.22. The largest absolute Gasteiger partial charge is 0.478 e. The van der Waals surface area contributed by atoms with Crippen molar-refractivity contribution in [1.82, 2.24) is 14.3 Å². The molecule has 0 amide bonds. The van der Waals surface area contributed by atoms with E-state index in [1.165, 1.54) is 12.8 Å². The predicted molar refractivity (Wildman–Crippen MR) is 80.7 cm³/mol. The molecule has 1 fully saturated rings. The number of pyridine rings is 1. The van der Waals surface area contributed by atoms with Crippen LogP contribution < -0.4 is 0 Å². The first-order valence-corrected chi connectivity index (χ1v) is 7.59. The third-order valence-corrected chi connectivity index (χ3v) is 4.50. The Labute approximate surface area is 124 Å². The van der Waals surface area contributed by atoms with E-state index in [0.717, 1.165) is 31.9 Å². The number of aromatic nitrogens is 2. The fourth-order valence-corrected chi connectivity index (χ4v) is 3.17. The Bertz CT molecular complexity index is 642. The molecule has 0 radical (unpaired) electrons. The number of hydrogen-bond donors (Lipinski definition) is 1. The molecule has 1 saturated heterocycles. The number of imidazole rings is 1. The van der Waals surface area contributed by atoms with Gasteiger partial charge in [0.2, 0.25) is 0 Å². The molecule has 3 rings (SSSR count). The molecule has 1 aliphatic heterocycles. The number of carbonyl (C=O) groups is 1. The Balaban J connectivity index is 1.79. The van der Waals surface area contributed by atoms with Crippen molar-refractivity contribution in [3.8, 4) is 0 Å². The topological polar surface area (TPSA) is 57.8 Å².